The number of carbonyl (C=O) groups excluding carboxylic acids is 1. The molecule has 1 amide bonds. The van der Waals surface area contributed by atoms with E-state index in [1.807, 2.05) is 42.5 Å². The van der Waals surface area contributed by atoms with Crippen molar-refractivity contribution >= 4 is 54.2 Å². The number of ether oxygens (including phenoxy) is 1. The summed E-state index contributed by atoms with van der Waals surface area (Å²) in [6.07, 6.45) is 0. The van der Waals surface area contributed by atoms with Crippen LogP contribution >= 0.6 is 27.3 Å². The predicted molar refractivity (Wildman–Crippen MR) is 105 cm³/mol. The smallest absolute Gasteiger partial charge is 0.231 e. The Morgan fingerprint density at radius 3 is 2.92 bits per heavy atom. The van der Waals surface area contributed by atoms with E-state index in [0.29, 0.717) is 13.1 Å². The standard InChI is InChI=1S/C18H16BrN3O2S/c1-24-14-5-6-16-15(8-14)21-18(25-16)22-9-11(10-22)17(23)20-13-4-2-3-12(19)7-13/h2-8,11H,9-10H2,1H3,(H,20,23). The number of thiazole rings is 1. The van der Waals surface area contributed by atoms with Crippen LogP contribution in [-0.4, -0.2) is 31.1 Å². The van der Waals surface area contributed by atoms with Crippen LogP contribution in [0.3, 0.4) is 0 Å². The Hall–Kier alpha value is -2.12. The quantitative estimate of drug-likeness (QED) is 0.692. The maximum Gasteiger partial charge on any atom is 0.231 e. The molecule has 1 N–H and O–H groups in total. The van der Waals surface area contributed by atoms with E-state index in [-0.39, 0.29) is 11.8 Å². The molecule has 0 bridgehead atoms. The Labute approximate surface area is 157 Å². The fourth-order valence-corrected chi connectivity index (χ4v) is 4.13. The van der Waals surface area contributed by atoms with Gasteiger partial charge in [0.1, 0.15) is 5.75 Å². The molecule has 7 heteroatoms. The van der Waals surface area contributed by atoms with Crippen LogP contribution in [0, 0.1) is 5.92 Å². The van der Waals surface area contributed by atoms with E-state index in [1.165, 1.54) is 0 Å². The average molecular weight is 418 g/mol. The van der Waals surface area contributed by atoms with Crippen molar-refractivity contribution in [2.45, 2.75) is 0 Å². The Bertz CT molecular complexity index is 937. The highest BCUT2D eigenvalue weighted by atomic mass is 79.9. The minimum Gasteiger partial charge on any atom is -0.497 e. The molecule has 2 aromatic carbocycles. The molecule has 128 valence electrons. The van der Waals surface area contributed by atoms with E-state index in [9.17, 15) is 4.79 Å². The molecule has 0 unspecified atom stereocenters. The number of nitrogens with one attached hydrogen (secondary N) is 1. The van der Waals surface area contributed by atoms with Crippen molar-refractivity contribution in [3.05, 3.63) is 46.9 Å². The first kappa shape index (κ1) is 16.4. The number of hydrogen-bond acceptors (Lipinski definition) is 5. The van der Waals surface area contributed by atoms with Crippen LogP contribution in [0.4, 0.5) is 10.8 Å². The zero-order valence-corrected chi connectivity index (χ0v) is 15.9. The Morgan fingerprint density at radius 2 is 2.16 bits per heavy atom. The summed E-state index contributed by atoms with van der Waals surface area (Å²) in [5.41, 5.74) is 1.74. The normalized spacial score (nSPS) is 14.4. The molecular weight excluding hydrogens is 402 g/mol. The number of rotatable bonds is 4. The Balaban J connectivity index is 1.40. The van der Waals surface area contributed by atoms with Crippen molar-refractivity contribution in [3.63, 3.8) is 0 Å². The number of amides is 1. The van der Waals surface area contributed by atoms with Gasteiger partial charge in [-0.25, -0.2) is 4.98 Å². The van der Waals surface area contributed by atoms with Crippen molar-refractivity contribution in [3.8, 4) is 5.75 Å². The van der Waals surface area contributed by atoms with Crippen LogP contribution in [-0.2, 0) is 4.79 Å². The number of nitrogens with zero attached hydrogens (tertiary/aromatic N) is 2. The van der Waals surface area contributed by atoms with Crippen LogP contribution in [0.2, 0.25) is 0 Å². The number of carbonyl (C=O) groups is 1. The van der Waals surface area contributed by atoms with Gasteiger partial charge in [0, 0.05) is 29.3 Å². The fraction of sp³-hybridized carbons (Fsp3) is 0.222. The largest absolute Gasteiger partial charge is 0.497 e. The minimum atomic E-state index is -0.0134. The summed E-state index contributed by atoms with van der Waals surface area (Å²) in [4.78, 5) is 19.2. The average Bonchev–Trinajstić information content (AvgIpc) is 2.95. The lowest BCUT2D eigenvalue weighted by Gasteiger charge is -2.37. The van der Waals surface area contributed by atoms with E-state index >= 15 is 0 Å². The molecule has 1 aromatic heterocycles. The van der Waals surface area contributed by atoms with Gasteiger partial charge in [-0.2, -0.15) is 0 Å². The lowest BCUT2D eigenvalue weighted by Crippen LogP contribution is -2.52. The molecule has 1 aliphatic heterocycles. The summed E-state index contributed by atoms with van der Waals surface area (Å²) in [7, 11) is 1.65. The molecule has 0 saturated carbocycles. The molecule has 0 atom stereocenters. The second-order valence-electron chi connectivity index (χ2n) is 5.93. The zero-order valence-electron chi connectivity index (χ0n) is 13.5. The van der Waals surface area contributed by atoms with E-state index in [4.69, 9.17) is 4.74 Å². The van der Waals surface area contributed by atoms with Crippen molar-refractivity contribution < 1.29 is 9.53 Å². The van der Waals surface area contributed by atoms with Gasteiger partial charge in [0.05, 0.1) is 23.2 Å². The van der Waals surface area contributed by atoms with Crippen LogP contribution in [0.15, 0.2) is 46.9 Å². The Kier molecular flexibility index (Phi) is 4.35. The van der Waals surface area contributed by atoms with Crippen molar-refractivity contribution in [2.24, 2.45) is 5.92 Å². The zero-order chi connectivity index (χ0) is 17.4. The molecule has 3 aromatic rings. The summed E-state index contributed by atoms with van der Waals surface area (Å²) in [6.45, 7) is 1.38. The van der Waals surface area contributed by atoms with Gasteiger partial charge in [0.25, 0.3) is 0 Å². The highest BCUT2D eigenvalue weighted by Crippen LogP contribution is 2.34. The maximum absolute atomic E-state index is 12.4. The number of fused-ring (bicyclic) bond motifs is 1. The van der Waals surface area contributed by atoms with Crippen LogP contribution in [0.25, 0.3) is 10.2 Å². The van der Waals surface area contributed by atoms with Gasteiger partial charge in [-0.1, -0.05) is 33.3 Å². The number of methoxy groups -OCH3 is 1. The third-order valence-electron chi connectivity index (χ3n) is 4.20. The SMILES string of the molecule is COc1ccc2sc(N3CC(C(=O)Nc4cccc(Br)c4)C3)nc2c1. The van der Waals surface area contributed by atoms with Crippen LogP contribution in [0.1, 0.15) is 0 Å². The van der Waals surface area contributed by atoms with Gasteiger partial charge in [-0.3, -0.25) is 4.79 Å². The molecule has 0 radical (unpaired) electrons. The second-order valence-corrected chi connectivity index (χ2v) is 7.86. The van der Waals surface area contributed by atoms with Crippen LogP contribution in [0.5, 0.6) is 5.75 Å². The molecule has 1 fully saturated rings. The first-order valence-corrected chi connectivity index (χ1v) is 9.49. The first-order valence-electron chi connectivity index (χ1n) is 7.88. The summed E-state index contributed by atoms with van der Waals surface area (Å²) in [5.74, 6) is 0.844. The van der Waals surface area contributed by atoms with Gasteiger partial charge in [0.2, 0.25) is 5.91 Å². The fourth-order valence-electron chi connectivity index (χ4n) is 2.77. The van der Waals surface area contributed by atoms with Gasteiger partial charge in [-0.05, 0) is 30.3 Å². The van der Waals surface area contributed by atoms with E-state index < -0.39 is 0 Å². The topological polar surface area (TPSA) is 54.5 Å². The first-order chi connectivity index (χ1) is 12.1. The summed E-state index contributed by atoms with van der Waals surface area (Å²) in [6, 6.07) is 13.5. The minimum absolute atomic E-state index is 0.0134. The molecule has 4 rings (SSSR count). The van der Waals surface area contributed by atoms with Crippen molar-refractivity contribution in [2.75, 3.05) is 30.4 Å². The summed E-state index contributed by atoms with van der Waals surface area (Å²) in [5, 5.41) is 3.92. The number of benzene rings is 2. The monoisotopic (exact) mass is 417 g/mol. The third-order valence-corrected chi connectivity index (χ3v) is 5.79. The number of anilines is 2. The molecule has 0 aliphatic carbocycles. The molecule has 5 nitrogen and oxygen atoms in total. The summed E-state index contributed by atoms with van der Waals surface area (Å²) >= 11 is 5.05. The van der Waals surface area contributed by atoms with Crippen molar-refractivity contribution in [1.82, 2.24) is 4.98 Å². The molecule has 0 spiro atoms. The highest BCUT2D eigenvalue weighted by Gasteiger charge is 2.34. The van der Waals surface area contributed by atoms with Crippen LogP contribution < -0.4 is 15.0 Å². The third kappa shape index (κ3) is 3.34. The lowest BCUT2D eigenvalue weighted by molar-refractivity contribution is -0.120. The molecule has 1 saturated heterocycles. The molecule has 2 heterocycles. The number of hydrogen-bond donors (Lipinski definition) is 1. The van der Waals surface area contributed by atoms with Gasteiger partial charge < -0.3 is 15.0 Å². The van der Waals surface area contributed by atoms with Gasteiger partial charge >= 0.3 is 0 Å². The van der Waals surface area contributed by atoms with E-state index in [0.717, 1.165) is 31.3 Å². The maximum atomic E-state index is 12.4. The lowest BCUT2D eigenvalue weighted by atomic mass is 10.00. The predicted octanol–water partition coefficient (Wildman–Crippen LogP) is 4.14. The van der Waals surface area contributed by atoms with E-state index in [1.54, 1.807) is 18.4 Å². The van der Waals surface area contributed by atoms with E-state index in [2.05, 4.69) is 31.1 Å². The number of aromatic nitrogens is 1. The highest BCUT2D eigenvalue weighted by molar-refractivity contribution is 9.10. The van der Waals surface area contributed by atoms with Gasteiger partial charge in [0.15, 0.2) is 5.13 Å². The second kappa shape index (κ2) is 6.65. The van der Waals surface area contributed by atoms with Crippen molar-refractivity contribution in [1.29, 1.82) is 0 Å². The molecule has 25 heavy (non-hydrogen) atoms. The summed E-state index contributed by atoms with van der Waals surface area (Å²) < 4.78 is 7.31. The Morgan fingerprint density at radius 1 is 1.32 bits per heavy atom. The van der Waals surface area contributed by atoms with Gasteiger partial charge in [-0.15, -0.1) is 0 Å². The number of halogens is 1. The molecular formula is C18H16BrN3O2S. The molecule has 1 aliphatic rings.